The number of benzene rings is 3. The molecule has 0 bridgehead atoms. The minimum absolute atomic E-state index is 0.00883. The van der Waals surface area contributed by atoms with Crippen molar-refractivity contribution in [2.45, 2.75) is 25.8 Å². The zero-order chi connectivity index (χ0) is 25.9. The standard InChI is InChI=1S/C25H27NO3/c1-18-6-2-11-22(14-18)24(27)17-26-13-5-8-19-7-3-9-20(15-19)21-10-4-12-23(16-21)25(28)29/h2-4,6-7,9-12,14-16,24,26-27H,5,8,13,17H2,1H3,(H,28,29)/t24-/m0/s1/i4D,5D2,10D,12D,16D. The van der Waals surface area contributed by atoms with Gasteiger partial charge in [-0.1, -0.05) is 66.2 Å². The third-order valence-corrected chi connectivity index (χ3v) is 4.40. The lowest BCUT2D eigenvalue weighted by atomic mass is 9.99. The lowest BCUT2D eigenvalue weighted by Crippen LogP contribution is -2.22. The molecule has 0 radical (unpaired) electrons. The Morgan fingerprint density at radius 2 is 2.00 bits per heavy atom. The first-order chi connectivity index (χ1) is 16.4. The van der Waals surface area contributed by atoms with Gasteiger partial charge in [0.05, 0.1) is 17.2 Å². The Bertz CT molecular complexity index is 1250. The Morgan fingerprint density at radius 3 is 2.79 bits per heavy atom. The first-order valence-corrected chi connectivity index (χ1v) is 9.29. The summed E-state index contributed by atoms with van der Waals surface area (Å²) in [6, 6.07) is 11.7. The second kappa shape index (κ2) is 10.0. The van der Waals surface area contributed by atoms with Crippen molar-refractivity contribution in [3.05, 3.63) is 95.0 Å². The van der Waals surface area contributed by atoms with Crippen molar-refractivity contribution in [3.63, 3.8) is 0 Å². The van der Waals surface area contributed by atoms with E-state index in [9.17, 15) is 15.0 Å². The molecule has 3 rings (SSSR count). The summed E-state index contributed by atoms with van der Waals surface area (Å²) >= 11 is 0. The Hall–Kier alpha value is -2.95. The molecule has 0 heterocycles. The molecule has 0 fully saturated rings. The number of hydrogen-bond donors (Lipinski definition) is 3. The van der Waals surface area contributed by atoms with Crippen LogP contribution in [0.1, 0.15) is 47.7 Å². The fourth-order valence-corrected chi connectivity index (χ4v) is 2.93. The Labute approximate surface area is 180 Å². The zero-order valence-electron chi connectivity index (χ0n) is 22.1. The van der Waals surface area contributed by atoms with Gasteiger partial charge in [-0.05, 0) is 60.6 Å². The maximum Gasteiger partial charge on any atom is 0.335 e. The molecular weight excluding hydrogens is 362 g/mol. The topological polar surface area (TPSA) is 69.6 Å². The van der Waals surface area contributed by atoms with E-state index in [4.69, 9.17) is 8.22 Å². The van der Waals surface area contributed by atoms with Crippen molar-refractivity contribution in [1.82, 2.24) is 5.32 Å². The monoisotopic (exact) mass is 395 g/mol. The molecule has 0 saturated heterocycles. The van der Waals surface area contributed by atoms with Crippen molar-refractivity contribution in [2.24, 2.45) is 0 Å². The van der Waals surface area contributed by atoms with Gasteiger partial charge in [0.25, 0.3) is 0 Å². The SMILES string of the molecule is [2H]c1c([2H])c(C(=O)O)c([2H])c(-c2cccc(CC([2H])([2H])CNC[C@H](O)c3cccc(C)c3)c2)c1[2H]. The highest BCUT2D eigenvalue weighted by molar-refractivity contribution is 5.89. The highest BCUT2D eigenvalue weighted by atomic mass is 16.4. The zero-order valence-corrected chi connectivity index (χ0v) is 16.1. The van der Waals surface area contributed by atoms with Crippen LogP contribution < -0.4 is 5.32 Å². The van der Waals surface area contributed by atoms with Gasteiger partial charge in [-0.2, -0.15) is 0 Å². The van der Waals surface area contributed by atoms with E-state index in [0.717, 1.165) is 11.1 Å². The van der Waals surface area contributed by atoms with Crippen molar-refractivity contribution in [2.75, 3.05) is 13.1 Å². The van der Waals surface area contributed by atoms with Crippen LogP contribution in [0, 0.1) is 6.92 Å². The number of aliphatic hydroxyl groups excluding tert-OH is 1. The van der Waals surface area contributed by atoms with Crippen LogP contribution in [-0.4, -0.2) is 29.3 Å². The molecule has 0 aliphatic rings. The third kappa shape index (κ3) is 6.01. The molecule has 3 N–H and O–H groups in total. The van der Waals surface area contributed by atoms with Gasteiger partial charge in [0, 0.05) is 9.29 Å². The van der Waals surface area contributed by atoms with Crippen molar-refractivity contribution < 1.29 is 23.2 Å². The Morgan fingerprint density at radius 1 is 1.17 bits per heavy atom. The van der Waals surface area contributed by atoms with E-state index in [2.05, 4.69) is 5.32 Å². The second-order valence-electron chi connectivity index (χ2n) is 6.74. The van der Waals surface area contributed by atoms with E-state index < -0.39 is 48.2 Å². The summed E-state index contributed by atoms with van der Waals surface area (Å²) in [5.41, 5.74) is 1.92. The van der Waals surface area contributed by atoms with Crippen LogP contribution >= 0.6 is 0 Å². The summed E-state index contributed by atoms with van der Waals surface area (Å²) < 4.78 is 48.9. The number of aryl methyl sites for hydroxylation is 2. The van der Waals surface area contributed by atoms with Gasteiger partial charge in [-0.25, -0.2) is 4.79 Å². The molecule has 3 aromatic carbocycles. The third-order valence-electron chi connectivity index (χ3n) is 4.40. The first kappa shape index (κ1) is 14.1. The number of aliphatic hydroxyl groups is 1. The van der Waals surface area contributed by atoms with Crippen molar-refractivity contribution in [3.8, 4) is 11.1 Å². The fourth-order valence-electron chi connectivity index (χ4n) is 2.93. The second-order valence-corrected chi connectivity index (χ2v) is 6.74. The van der Waals surface area contributed by atoms with E-state index >= 15 is 0 Å². The maximum absolute atomic E-state index is 11.5. The van der Waals surface area contributed by atoms with Crippen LogP contribution in [0.3, 0.4) is 0 Å². The summed E-state index contributed by atoms with van der Waals surface area (Å²) in [7, 11) is 0. The van der Waals surface area contributed by atoms with E-state index in [1.807, 2.05) is 31.2 Å². The molecule has 0 aromatic heterocycles. The van der Waals surface area contributed by atoms with Crippen LogP contribution in [0.25, 0.3) is 11.1 Å². The minimum atomic E-state index is -1.68. The molecule has 0 saturated carbocycles. The molecule has 0 unspecified atom stereocenters. The summed E-state index contributed by atoms with van der Waals surface area (Å²) in [6.07, 6.45) is -2.47. The summed E-state index contributed by atoms with van der Waals surface area (Å²) in [6.45, 7) is 2.08. The predicted octanol–water partition coefficient (Wildman–Crippen LogP) is 4.62. The lowest BCUT2D eigenvalue weighted by Gasteiger charge is -2.13. The van der Waals surface area contributed by atoms with Crippen molar-refractivity contribution in [1.29, 1.82) is 0 Å². The number of nitrogens with one attached hydrogen (secondary N) is 1. The number of carbonyl (C=O) groups is 1. The van der Waals surface area contributed by atoms with Crippen LogP contribution in [-0.2, 0) is 6.42 Å². The molecule has 0 spiro atoms. The van der Waals surface area contributed by atoms with Crippen LogP contribution in [0.4, 0.5) is 0 Å². The summed E-state index contributed by atoms with van der Waals surface area (Å²) in [4.78, 5) is 11.5. The fraction of sp³-hybridized carbons (Fsp3) is 0.240. The average Bonchev–Trinajstić information content (AvgIpc) is 2.77. The van der Waals surface area contributed by atoms with Gasteiger partial charge in [0.1, 0.15) is 0 Å². The van der Waals surface area contributed by atoms with Gasteiger partial charge >= 0.3 is 5.97 Å². The summed E-state index contributed by atoms with van der Waals surface area (Å²) in [5, 5.41) is 22.7. The number of rotatable bonds is 9. The molecule has 29 heavy (non-hydrogen) atoms. The first-order valence-electron chi connectivity index (χ1n) is 12.3. The maximum atomic E-state index is 11.5. The average molecular weight is 396 g/mol. The quantitative estimate of drug-likeness (QED) is 0.495. The smallest absolute Gasteiger partial charge is 0.335 e. The molecular formula is C25H27NO3. The molecule has 4 heteroatoms. The van der Waals surface area contributed by atoms with Crippen molar-refractivity contribution >= 4 is 5.97 Å². The van der Waals surface area contributed by atoms with Crippen LogP contribution in [0.2, 0.25) is 0 Å². The molecule has 0 aliphatic carbocycles. The molecule has 4 nitrogen and oxygen atoms in total. The number of carboxylic acid groups (broad SMARTS) is 1. The Kier molecular flexibility index (Phi) is 4.87. The normalized spacial score (nSPS) is 15.4. The van der Waals surface area contributed by atoms with Gasteiger partial charge in [0.15, 0.2) is 0 Å². The summed E-state index contributed by atoms with van der Waals surface area (Å²) in [5.74, 6) is -1.51. The number of aromatic carboxylic acids is 1. The van der Waals surface area contributed by atoms with Crippen LogP contribution in [0.15, 0.2) is 72.7 Å². The van der Waals surface area contributed by atoms with Gasteiger partial charge in [-0.3, -0.25) is 0 Å². The van der Waals surface area contributed by atoms with E-state index in [0.29, 0.717) is 11.1 Å². The minimum Gasteiger partial charge on any atom is -0.478 e. The molecule has 3 aromatic rings. The molecule has 150 valence electrons. The molecule has 0 amide bonds. The van der Waals surface area contributed by atoms with Gasteiger partial charge in [-0.15, -0.1) is 0 Å². The molecule has 1 atom stereocenters. The van der Waals surface area contributed by atoms with E-state index in [1.165, 1.54) is 0 Å². The van der Waals surface area contributed by atoms with E-state index in [-0.39, 0.29) is 25.1 Å². The molecule has 0 aliphatic heterocycles. The predicted molar refractivity (Wildman–Crippen MR) is 116 cm³/mol. The van der Waals surface area contributed by atoms with Gasteiger partial charge < -0.3 is 15.5 Å². The van der Waals surface area contributed by atoms with Gasteiger partial charge in [0.2, 0.25) is 0 Å². The largest absolute Gasteiger partial charge is 0.478 e. The highest BCUT2D eigenvalue weighted by Crippen LogP contribution is 2.22. The number of carboxylic acids is 1. The van der Waals surface area contributed by atoms with Crippen LogP contribution in [0.5, 0.6) is 0 Å². The lowest BCUT2D eigenvalue weighted by molar-refractivity contribution is 0.0697. The Balaban J connectivity index is 1.76. The van der Waals surface area contributed by atoms with E-state index in [1.54, 1.807) is 24.3 Å². The number of hydrogen-bond acceptors (Lipinski definition) is 3. The highest BCUT2D eigenvalue weighted by Gasteiger charge is 2.07.